The van der Waals surface area contributed by atoms with Crippen LogP contribution >= 0.6 is 11.8 Å². The van der Waals surface area contributed by atoms with Crippen LogP contribution in [-0.4, -0.2) is 0 Å². The van der Waals surface area contributed by atoms with E-state index in [1.165, 1.54) is 110 Å². The number of hydrogen-bond acceptors (Lipinski definition) is 2. The lowest BCUT2D eigenvalue weighted by molar-refractivity contribution is 0.554. The molecule has 1 aliphatic heterocycles. The summed E-state index contributed by atoms with van der Waals surface area (Å²) in [6, 6.07) is 81.1. The van der Waals surface area contributed by atoms with E-state index in [0.29, 0.717) is 0 Å². The largest absolute Gasteiger partial charge is 0.310 e. The molecule has 336 valence electrons. The Morgan fingerprint density at radius 1 is 0.314 bits per heavy atom. The molecule has 0 radical (unpaired) electrons. The summed E-state index contributed by atoms with van der Waals surface area (Å²) < 4.78 is 0. The highest BCUT2D eigenvalue weighted by molar-refractivity contribution is 7.99. The van der Waals surface area contributed by atoms with Gasteiger partial charge in [0.05, 0.1) is 5.41 Å². The maximum Gasteiger partial charge on any atom is 0.0729 e. The molecule has 70 heavy (non-hydrogen) atoms. The first-order valence-electron chi connectivity index (χ1n) is 24.9. The van der Waals surface area contributed by atoms with Crippen LogP contribution in [-0.2, 0) is 21.7 Å². The van der Waals surface area contributed by atoms with Crippen molar-refractivity contribution in [1.82, 2.24) is 0 Å². The van der Waals surface area contributed by atoms with Gasteiger partial charge >= 0.3 is 0 Å². The Kier molecular flexibility index (Phi) is 8.66. The van der Waals surface area contributed by atoms with E-state index in [1.807, 2.05) is 11.8 Å². The fourth-order valence-corrected chi connectivity index (χ4v) is 14.8. The van der Waals surface area contributed by atoms with Crippen LogP contribution in [0.5, 0.6) is 0 Å². The van der Waals surface area contributed by atoms with E-state index in [-0.39, 0.29) is 16.2 Å². The maximum absolute atomic E-state index is 2.53. The molecule has 10 aromatic rings. The molecule has 0 aromatic heterocycles. The Morgan fingerprint density at radius 2 is 0.814 bits per heavy atom. The van der Waals surface area contributed by atoms with Crippen molar-refractivity contribution in [3.8, 4) is 33.4 Å². The molecule has 1 unspecified atom stereocenters. The molecule has 0 bridgehead atoms. The molecule has 3 aliphatic carbocycles. The van der Waals surface area contributed by atoms with Crippen LogP contribution in [0, 0.1) is 0 Å². The van der Waals surface area contributed by atoms with Crippen molar-refractivity contribution in [2.24, 2.45) is 0 Å². The SMILES string of the molecule is CC1(C)c2ccccc2-c2ccc(N(c3ccc(-c4ccc5c(c4)C4(c6ccccc6S5)c5ccccc5C(C)(C)c5c4ccc4ccccc54)cc3)c3ccc4c(c3)C(C)(C)c3ccccc3-4)cc21. The topological polar surface area (TPSA) is 3.24 Å². The first kappa shape index (κ1) is 41.6. The van der Waals surface area contributed by atoms with E-state index < -0.39 is 5.41 Å². The Bertz CT molecular complexity index is 3740. The summed E-state index contributed by atoms with van der Waals surface area (Å²) in [6.45, 7) is 14.4. The number of benzene rings is 10. The van der Waals surface area contributed by atoms with E-state index in [1.54, 1.807) is 0 Å². The van der Waals surface area contributed by atoms with Gasteiger partial charge in [-0.15, -0.1) is 0 Å². The summed E-state index contributed by atoms with van der Waals surface area (Å²) in [4.78, 5) is 5.11. The Labute approximate surface area is 416 Å². The highest BCUT2D eigenvalue weighted by Gasteiger charge is 2.53. The molecule has 1 spiro atoms. The van der Waals surface area contributed by atoms with Gasteiger partial charge in [0, 0.05) is 43.1 Å². The number of fused-ring (bicyclic) bond motifs is 16. The van der Waals surface area contributed by atoms with Crippen LogP contribution in [0.4, 0.5) is 17.1 Å². The van der Waals surface area contributed by atoms with Gasteiger partial charge in [0.2, 0.25) is 0 Å². The summed E-state index contributed by atoms with van der Waals surface area (Å²) in [5, 5.41) is 2.62. The van der Waals surface area contributed by atoms with E-state index in [4.69, 9.17) is 0 Å². The van der Waals surface area contributed by atoms with E-state index >= 15 is 0 Å². The molecule has 14 rings (SSSR count). The summed E-state index contributed by atoms with van der Waals surface area (Å²) >= 11 is 1.91. The first-order valence-corrected chi connectivity index (χ1v) is 25.7. The molecular weight excluding hydrogens is 863 g/mol. The quantitative estimate of drug-likeness (QED) is 0.173. The fraction of sp³-hybridized carbons (Fsp3) is 0.147. The zero-order valence-electron chi connectivity index (χ0n) is 40.6. The summed E-state index contributed by atoms with van der Waals surface area (Å²) in [7, 11) is 0. The van der Waals surface area contributed by atoms with Crippen LogP contribution in [0.2, 0.25) is 0 Å². The van der Waals surface area contributed by atoms with Gasteiger partial charge in [-0.1, -0.05) is 211 Å². The lowest BCUT2D eigenvalue weighted by atomic mass is 9.53. The Balaban J connectivity index is 0.941. The molecule has 4 aliphatic rings. The van der Waals surface area contributed by atoms with Crippen molar-refractivity contribution in [2.45, 2.75) is 73.0 Å². The van der Waals surface area contributed by atoms with E-state index in [0.717, 1.165) is 17.1 Å². The van der Waals surface area contributed by atoms with Gasteiger partial charge in [0.25, 0.3) is 0 Å². The van der Waals surface area contributed by atoms with Crippen LogP contribution in [0.25, 0.3) is 44.2 Å². The second-order valence-corrected chi connectivity index (χ2v) is 22.7. The van der Waals surface area contributed by atoms with Crippen molar-refractivity contribution in [3.63, 3.8) is 0 Å². The number of rotatable bonds is 4. The van der Waals surface area contributed by atoms with Crippen LogP contribution in [0.1, 0.15) is 97.2 Å². The molecule has 1 heterocycles. The van der Waals surface area contributed by atoms with Gasteiger partial charge < -0.3 is 4.90 Å². The van der Waals surface area contributed by atoms with Crippen molar-refractivity contribution in [3.05, 3.63) is 268 Å². The standard InChI is InChI=1S/C68H53NS/c1-65(2)53-21-11-9-19-49(53)51-35-33-46(40-59(51)65)69(47-34-36-52-50-20-10-12-22-54(50)66(3,4)60(52)41-47)45-31-27-42(28-32-45)44-30-38-63-61(39-44)68(57-25-15-16-26-62(57)70-63)56-24-14-13-23-55(56)67(5,6)64-48-18-8-7-17-43(48)29-37-58(64)68/h7-41H,1-6H3. The molecule has 1 atom stereocenters. The molecule has 1 nitrogen and oxygen atoms in total. The fourth-order valence-electron chi connectivity index (χ4n) is 13.6. The van der Waals surface area contributed by atoms with Crippen molar-refractivity contribution in [2.75, 3.05) is 4.90 Å². The maximum atomic E-state index is 2.53. The zero-order valence-corrected chi connectivity index (χ0v) is 41.4. The third-order valence-electron chi connectivity index (χ3n) is 17.0. The monoisotopic (exact) mass is 915 g/mol. The molecule has 0 fully saturated rings. The highest BCUT2D eigenvalue weighted by Crippen LogP contribution is 2.63. The van der Waals surface area contributed by atoms with E-state index in [2.05, 4.69) is 259 Å². The minimum absolute atomic E-state index is 0.121. The average Bonchev–Trinajstić information content (AvgIpc) is 3.76. The molecule has 0 amide bonds. The van der Waals surface area contributed by atoms with Crippen molar-refractivity contribution >= 4 is 39.6 Å². The molecule has 10 aromatic carbocycles. The van der Waals surface area contributed by atoms with Gasteiger partial charge in [0.15, 0.2) is 0 Å². The Morgan fingerprint density at radius 3 is 1.47 bits per heavy atom. The zero-order chi connectivity index (χ0) is 47.3. The third kappa shape index (κ3) is 5.52. The molecule has 2 heteroatoms. The number of hydrogen-bond donors (Lipinski definition) is 0. The average molecular weight is 916 g/mol. The predicted molar refractivity (Wildman–Crippen MR) is 294 cm³/mol. The minimum atomic E-state index is -0.516. The summed E-state index contributed by atoms with van der Waals surface area (Å²) in [5.74, 6) is 0. The van der Waals surface area contributed by atoms with Crippen molar-refractivity contribution < 1.29 is 0 Å². The normalized spacial score (nSPS) is 17.6. The second-order valence-electron chi connectivity index (χ2n) is 21.6. The van der Waals surface area contributed by atoms with E-state index in [9.17, 15) is 0 Å². The smallest absolute Gasteiger partial charge is 0.0729 e. The van der Waals surface area contributed by atoms with Gasteiger partial charge in [-0.2, -0.15) is 0 Å². The third-order valence-corrected chi connectivity index (χ3v) is 18.1. The molecule has 0 saturated heterocycles. The van der Waals surface area contributed by atoms with Gasteiger partial charge in [-0.3, -0.25) is 0 Å². The first-order chi connectivity index (χ1) is 34.0. The Hall–Kier alpha value is -7.39. The van der Waals surface area contributed by atoms with Crippen LogP contribution in [0.3, 0.4) is 0 Å². The minimum Gasteiger partial charge on any atom is -0.310 e. The second kappa shape index (κ2) is 14.6. The summed E-state index contributed by atoms with van der Waals surface area (Å²) in [5.41, 5.74) is 24.0. The van der Waals surface area contributed by atoms with Gasteiger partial charge in [0.1, 0.15) is 0 Å². The predicted octanol–water partition coefficient (Wildman–Crippen LogP) is 18.1. The summed E-state index contributed by atoms with van der Waals surface area (Å²) in [6.07, 6.45) is 0. The highest BCUT2D eigenvalue weighted by atomic mass is 32.2. The lowest BCUT2D eigenvalue weighted by Gasteiger charge is -2.50. The van der Waals surface area contributed by atoms with Gasteiger partial charge in [-0.25, -0.2) is 0 Å². The molecule has 0 N–H and O–H groups in total. The number of nitrogens with zero attached hydrogens (tertiary/aromatic N) is 1. The van der Waals surface area contributed by atoms with Crippen LogP contribution in [0.15, 0.2) is 222 Å². The molecule has 0 saturated carbocycles. The lowest BCUT2D eigenvalue weighted by Crippen LogP contribution is -2.43. The van der Waals surface area contributed by atoms with Crippen LogP contribution < -0.4 is 4.90 Å². The van der Waals surface area contributed by atoms with Crippen molar-refractivity contribution in [1.29, 1.82) is 0 Å². The molecular formula is C68H53NS. The van der Waals surface area contributed by atoms with Gasteiger partial charge in [-0.05, 0) is 154 Å². The number of anilines is 3.